The second-order valence-corrected chi connectivity index (χ2v) is 13.3. The lowest BCUT2D eigenvalue weighted by Crippen LogP contribution is -2.36. The van der Waals surface area contributed by atoms with Crippen LogP contribution in [-0.4, -0.2) is 57.8 Å². The number of furan rings is 1. The van der Waals surface area contributed by atoms with Crippen molar-refractivity contribution >= 4 is 38.4 Å². The third-order valence-corrected chi connectivity index (χ3v) is 8.45. The molecule has 0 radical (unpaired) electrons. The number of hydrogen-bond donors (Lipinski definition) is 2. The summed E-state index contributed by atoms with van der Waals surface area (Å²) >= 11 is 0. The number of aliphatic hydroxyl groups is 1. The Labute approximate surface area is 255 Å². The van der Waals surface area contributed by atoms with E-state index in [1.54, 1.807) is 37.3 Å². The van der Waals surface area contributed by atoms with E-state index in [0.717, 1.165) is 10.6 Å². The van der Waals surface area contributed by atoms with Gasteiger partial charge in [-0.3, -0.25) is 18.3 Å². The Bertz CT molecular complexity index is 1780. The summed E-state index contributed by atoms with van der Waals surface area (Å²) in [4.78, 5) is 26.3. The SMILES string of the molecule is CCC(=O)c1c(-c2ccc(F)cc2)oc2cc(N(CCCF)S(C)(=O)=O)c(-c3cccc(C(=O)NCC(C)(C)CO)c3)cc12. The summed E-state index contributed by atoms with van der Waals surface area (Å²) in [6.07, 6.45) is 1.10. The lowest BCUT2D eigenvalue weighted by atomic mass is 9.94. The van der Waals surface area contributed by atoms with E-state index in [1.165, 1.54) is 30.3 Å². The van der Waals surface area contributed by atoms with Crippen LogP contribution in [0.25, 0.3) is 33.4 Å². The number of benzene rings is 3. The van der Waals surface area contributed by atoms with Crippen LogP contribution in [0.1, 0.15) is 54.3 Å². The number of anilines is 1. The second-order valence-electron chi connectivity index (χ2n) is 11.4. The molecule has 11 heteroatoms. The minimum atomic E-state index is -3.91. The second kappa shape index (κ2) is 13.3. The summed E-state index contributed by atoms with van der Waals surface area (Å²) in [5, 5.41) is 12.8. The van der Waals surface area contributed by atoms with Crippen LogP contribution in [0.5, 0.6) is 0 Å². The Hall–Kier alpha value is -4.09. The van der Waals surface area contributed by atoms with E-state index in [-0.39, 0.29) is 60.9 Å². The van der Waals surface area contributed by atoms with Gasteiger partial charge in [0.1, 0.15) is 17.2 Å². The summed E-state index contributed by atoms with van der Waals surface area (Å²) in [6, 6.07) is 15.2. The fourth-order valence-electron chi connectivity index (χ4n) is 4.80. The summed E-state index contributed by atoms with van der Waals surface area (Å²) in [5.74, 6) is -0.876. The molecule has 4 rings (SSSR count). The Morgan fingerprint density at radius 1 is 1.05 bits per heavy atom. The molecule has 0 spiro atoms. The van der Waals surface area contributed by atoms with Gasteiger partial charge in [-0.2, -0.15) is 0 Å². The van der Waals surface area contributed by atoms with Crippen molar-refractivity contribution in [1.82, 2.24) is 5.32 Å². The molecule has 2 N–H and O–H groups in total. The Balaban J connectivity index is 1.98. The fraction of sp³-hybridized carbons (Fsp3) is 0.333. The summed E-state index contributed by atoms with van der Waals surface area (Å²) in [7, 11) is -3.91. The number of ketones is 1. The van der Waals surface area contributed by atoms with Gasteiger partial charge in [0.25, 0.3) is 5.91 Å². The highest BCUT2D eigenvalue weighted by Crippen LogP contribution is 2.42. The molecule has 3 aromatic carbocycles. The minimum Gasteiger partial charge on any atom is -0.455 e. The first kappa shape index (κ1) is 32.8. The number of carbonyl (C=O) groups excluding carboxylic acids is 2. The summed E-state index contributed by atoms with van der Waals surface area (Å²) < 4.78 is 60.3. The monoisotopic (exact) mass is 626 g/mol. The molecule has 1 amide bonds. The number of sulfonamides is 1. The zero-order chi connectivity index (χ0) is 32.2. The molecule has 234 valence electrons. The van der Waals surface area contributed by atoms with Gasteiger partial charge in [-0.05, 0) is 54.4 Å². The maximum absolute atomic E-state index is 13.7. The number of alkyl halides is 1. The number of hydrogen-bond acceptors (Lipinski definition) is 6. The number of nitrogens with one attached hydrogen (secondary N) is 1. The number of fused-ring (bicyclic) bond motifs is 1. The van der Waals surface area contributed by atoms with Gasteiger partial charge in [-0.25, -0.2) is 12.8 Å². The van der Waals surface area contributed by atoms with Crippen molar-refractivity contribution in [2.24, 2.45) is 5.41 Å². The van der Waals surface area contributed by atoms with E-state index in [2.05, 4.69) is 5.32 Å². The topological polar surface area (TPSA) is 117 Å². The predicted molar refractivity (Wildman–Crippen MR) is 168 cm³/mol. The first-order valence-corrected chi connectivity index (χ1v) is 16.1. The van der Waals surface area contributed by atoms with Crippen molar-refractivity contribution in [3.05, 3.63) is 77.6 Å². The fourth-order valence-corrected chi connectivity index (χ4v) is 5.77. The normalized spacial score (nSPS) is 12.0. The molecule has 0 saturated heterocycles. The van der Waals surface area contributed by atoms with Gasteiger partial charge < -0.3 is 14.8 Å². The van der Waals surface area contributed by atoms with Crippen molar-refractivity contribution in [1.29, 1.82) is 0 Å². The zero-order valence-corrected chi connectivity index (χ0v) is 25.9. The third kappa shape index (κ3) is 7.16. The summed E-state index contributed by atoms with van der Waals surface area (Å²) in [6.45, 7) is 4.52. The van der Waals surface area contributed by atoms with Gasteiger partial charge >= 0.3 is 0 Å². The molecule has 4 aromatic rings. The molecule has 1 aromatic heterocycles. The van der Waals surface area contributed by atoms with Crippen molar-refractivity contribution in [3.8, 4) is 22.5 Å². The number of halogens is 2. The molecule has 0 aliphatic carbocycles. The molecule has 0 aliphatic heterocycles. The van der Waals surface area contributed by atoms with Crippen LogP contribution < -0.4 is 9.62 Å². The molecule has 0 aliphatic rings. The standard InChI is InChI=1S/C33H36F2N2O6S/c1-5-28(39)30-26-17-25(22-8-6-9-23(16-22)32(40)36-19-33(2,3)20-38)27(37(15-7-14-34)44(4,41)42)18-29(26)43-31(30)21-10-12-24(35)13-11-21/h6,8-13,16-18,38H,5,7,14-15,19-20H2,1-4H3,(H,36,40). The van der Waals surface area contributed by atoms with Crippen LogP contribution in [0.3, 0.4) is 0 Å². The number of nitrogens with zero attached hydrogens (tertiary/aromatic N) is 1. The average Bonchev–Trinajstić information content (AvgIpc) is 3.37. The molecule has 0 fully saturated rings. The van der Waals surface area contributed by atoms with Crippen LogP contribution in [0.15, 0.2) is 65.1 Å². The predicted octanol–water partition coefficient (Wildman–Crippen LogP) is 6.37. The van der Waals surface area contributed by atoms with Gasteiger partial charge in [-0.15, -0.1) is 0 Å². The number of Topliss-reactive ketones (excluding diaryl/α,β-unsaturated/α-hetero) is 1. The van der Waals surface area contributed by atoms with Crippen molar-refractivity contribution in [2.45, 2.75) is 33.6 Å². The molecule has 0 bridgehead atoms. The van der Waals surface area contributed by atoms with Crippen LogP contribution >= 0.6 is 0 Å². The van der Waals surface area contributed by atoms with E-state index in [0.29, 0.717) is 27.6 Å². The number of rotatable bonds is 13. The van der Waals surface area contributed by atoms with E-state index in [9.17, 15) is 31.9 Å². The van der Waals surface area contributed by atoms with Gasteiger partial charge in [0, 0.05) is 59.7 Å². The van der Waals surface area contributed by atoms with Crippen LogP contribution in [0.2, 0.25) is 0 Å². The Kier molecular flexibility index (Phi) is 9.90. The van der Waals surface area contributed by atoms with Gasteiger partial charge in [0.2, 0.25) is 10.0 Å². The molecule has 0 atom stereocenters. The largest absolute Gasteiger partial charge is 0.455 e. The first-order chi connectivity index (χ1) is 20.8. The van der Waals surface area contributed by atoms with Crippen LogP contribution in [0.4, 0.5) is 14.5 Å². The van der Waals surface area contributed by atoms with Crippen LogP contribution in [0, 0.1) is 11.2 Å². The highest BCUT2D eigenvalue weighted by molar-refractivity contribution is 7.92. The molecule has 0 unspecified atom stereocenters. The number of aliphatic hydroxyl groups excluding tert-OH is 1. The van der Waals surface area contributed by atoms with E-state index < -0.39 is 33.8 Å². The quantitative estimate of drug-likeness (QED) is 0.167. The van der Waals surface area contributed by atoms with E-state index in [4.69, 9.17) is 4.42 Å². The zero-order valence-electron chi connectivity index (χ0n) is 25.1. The Morgan fingerprint density at radius 2 is 1.75 bits per heavy atom. The Morgan fingerprint density at radius 3 is 2.36 bits per heavy atom. The third-order valence-electron chi connectivity index (χ3n) is 7.27. The molecule has 44 heavy (non-hydrogen) atoms. The molecule has 1 heterocycles. The number of carbonyl (C=O) groups is 2. The van der Waals surface area contributed by atoms with Gasteiger partial charge in [0.05, 0.1) is 24.2 Å². The van der Waals surface area contributed by atoms with Crippen LogP contribution in [-0.2, 0) is 10.0 Å². The van der Waals surface area contributed by atoms with Crippen molar-refractivity contribution < 1.29 is 36.3 Å². The smallest absolute Gasteiger partial charge is 0.251 e. The maximum atomic E-state index is 13.7. The lowest BCUT2D eigenvalue weighted by molar-refractivity contribution is 0.0910. The maximum Gasteiger partial charge on any atom is 0.251 e. The van der Waals surface area contributed by atoms with Crippen molar-refractivity contribution in [3.63, 3.8) is 0 Å². The van der Waals surface area contributed by atoms with Gasteiger partial charge in [0.15, 0.2) is 5.78 Å². The van der Waals surface area contributed by atoms with E-state index >= 15 is 0 Å². The molecule has 8 nitrogen and oxygen atoms in total. The van der Waals surface area contributed by atoms with E-state index in [1.807, 2.05) is 13.8 Å². The average molecular weight is 627 g/mol. The molecular weight excluding hydrogens is 590 g/mol. The highest BCUT2D eigenvalue weighted by Gasteiger charge is 2.27. The lowest BCUT2D eigenvalue weighted by Gasteiger charge is -2.25. The summed E-state index contributed by atoms with van der Waals surface area (Å²) in [5.41, 5.74) is 1.73. The van der Waals surface area contributed by atoms with Crippen molar-refractivity contribution in [2.75, 3.05) is 36.9 Å². The number of amides is 1. The van der Waals surface area contributed by atoms with Gasteiger partial charge in [-0.1, -0.05) is 32.9 Å². The molecular formula is C33H36F2N2O6S. The molecule has 0 saturated carbocycles. The minimum absolute atomic E-state index is 0.0633. The highest BCUT2D eigenvalue weighted by atomic mass is 32.2. The first-order valence-electron chi connectivity index (χ1n) is 14.2.